The molecule has 2 aromatic rings. The molecule has 0 aliphatic rings. The molecule has 0 aliphatic carbocycles. The van der Waals surface area contributed by atoms with E-state index in [0.717, 1.165) is 13.7 Å². The maximum atomic E-state index is 8.76. The molecule has 1 heterocycles. The normalized spacial score (nSPS) is 9.71. The van der Waals surface area contributed by atoms with Crippen LogP contribution in [0.3, 0.4) is 0 Å². The second-order valence-corrected chi connectivity index (χ2v) is 5.26. The fraction of sp³-hybridized carbons (Fsp3) is 0. The topological polar surface area (TPSA) is 61.6 Å². The van der Waals surface area contributed by atoms with Crippen LogP contribution in [0.5, 0.6) is 0 Å². The van der Waals surface area contributed by atoms with Crippen molar-refractivity contribution >= 4 is 50.2 Å². The minimum absolute atomic E-state index is 0.524. The van der Waals surface area contributed by atoms with Crippen LogP contribution in [0.1, 0.15) is 5.56 Å². The van der Waals surface area contributed by atoms with Crippen molar-refractivity contribution in [2.45, 2.75) is 0 Å². The zero-order valence-electron chi connectivity index (χ0n) is 8.48. The lowest BCUT2D eigenvalue weighted by Gasteiger charge is -2.06. The first-order valence-electron chi connectivity index (χ1n) is 4.63. The number of nitrogens with one attached hydrogen (secondary N) is 1. The molecule has 0 saturated carbocycles. The van der Waals surface area contributed by atoms with Gasteiger partial charge in [-0.1, -0.05) is 0 Å². The van der Waals surface area contributed by atoms with Crippen LogP contribution in [-0.2, 0) is 0 Å². The molecule has 0 spiro atoms. The predicted octanol–water partition coefficient (Wildman–Crippen LogP) is 3.46. The quantitative estimate of drug-likeness (QED) is 0.784. The summed E-state index contributed by atoms with van der Waals surface area (Å²) in [6.45, 7) is 0. The Balaban J connectivity index is 2.25. The van der Waals surface area contributed by atoms with Crippen LogP contribution < -0.4 is 5.32 Å². The molecule has 0 bridgehead atoms. The van der Waals surface area contributed by atoms with Crippen LogP contribution in [0, 0.1) is 14.9 Å². The number of benzene rings is 1. The number of aromatic nitrogens is 2. The van der Waals surface area contributed by atoms with Crippen LogP contribution in [0.4, 0.5) is 11.6 Å². The van der Waals surface area contributed by atoms with Gasteiger partial charge in [0.15, 0.2) is 0 Å². The fourth-order valence-corrected chi connectivity index (χ4v) is 1.94. The van der Waals surface area contributed by atoms with Crippen molar-refractivity contribution in [1.82, 2.24) is 9.97 Å². The molecule has 4 nitrogen and oxygen atoms in total. The summed E-state index contributed by atoms with van der Waals surface area (Å²) in [6, 6.07) is 7.37. The van der Waals surface area contributed by atoms with Crippen LogP contribution in [-0.4, -0.2) is 9.97 Å². The van der Waals surface area contributed by atoms with E-state index in [-0.39, 0.29) is 0 Å². The zero-order chi connectivity index (χ0) is 12.3. The van der Waals surface area contributed by atoms with E-state index in [1.54, 1.807) is 24.5 Å². The number of rotatable bonds is 2. The number of hydrogen-bond acceptors (Lipinski definition) is 4. The first-order chi connectivity index (χ1) is 8.19. The molecule has 84 valence electrons. The van der Waals surface area contributed by atoms with Crippen molar-refractivity contribution in [3.63, 3.8) is 0 Å². The van der Waals surface area contributed by atoms with Gasteiger partial charge in [0.2, 0.25) is 5.95 Å². The van der Waals surface area contributed by atoms with Gasteiger partial charge in [-0.3, -0.25) is 0 Å². The highest BCUT2D eigenvalue weighted by molar-refractivity contribution is 14.1. The average molecular weight is 401 g/mol. The summed E-state index contributed by atoms with van der Waals surface area (Å²) in [5, 5.41) is 11.8. The fourth-order valence-electron chi connectivity index (χ4n) is 1.18. The molecule has 0 amide bonds. The molecule has 0 unspecified atom stereocenters. The first-order valence-corrected chi connectivity index (χ1v) is 6.50. The third-order valence-electron chi connectivity index (χ3n) is 1.96. The van der Waals surface area contributed by atoms with Gasteiger partial charge in [0.05, 0.1) is 17.3 Å². The zero-order valence-corrected chi connectivity index (χ0v) is 12.2. The van der Waals surface area contributed by atoms with Gasteiger partial charge in [0.25, 0.3) is 0 Å². The molecule has 0 fully saturated rings. The lowest BCUT2D eigenvalue weighted by atomic mass is 10.2. The molecule has 1 N–H and O–H groups in total. The summed E-state index contributed by atoms with van der Waals surface area (Å²) >= 11 is 5.53. The summed E-state index contributed by atoms with van der Waals surface area (Å²) in [5.41, 5.74) is 1.43. The Morgan fingerprint density at radius 3 is 2.59 bits per heavy atom. The van der Waals surface area contributed by atoms with E-state index in [0.29, 0.717) is 11.5 Å². The summed E-state index contributed by atoms with van der Waals surface area (Å²) in [7, 11) is 0. The van der Waals surface area contributed by atoms with Gasteiger partial charge in [0.1, 0.15) is 0 Å². The van der Waals surface area contributed by atoms with Crippen molar-refractivity contribution in [1.29, 1.82) is 5.26 Å². The Morgan fingerprint density at radius 1 is 1.29 bits per heavy atom. The maximum absolute atomic E-state index is 8.76. The van der Waals surface area contributed by atoms with E-state index in [1.165, 1.54) is 0 Å². The Morgan fingerprint density at radius 2 is 2.00 bits per heavy atom. The molecule has 0 aliphatic heterocycles. The smallest absolute Gasteiger partial charge is 0.227 e. The maximum Gasteiger partial charge on any atom is 0.227 e. The van der Waals surface area contributed by atoms with Gasteiger partial charge in [-0.25, -0.2) is 9.97 Å². The van der Waals surface area contributed by atoms with Gasteiger partial charge in [0, 0.05) is 20.4 Å². The largest absolute Gasteiger partial charge is 0.323 e. The highest BCUT2D eigenvalue weighted by atomic mass is 127. The number of halogens is 2. The van der Waals surface area contributed by atoms with E-state index in [1.807, 2.05) is 6.07 Å². The molecule has 2 rings (SSSR count). The van der Waals surface area contributed by atoms with Gasteiger partial charge >= 0.3 is 0 Å². The average Bonchev–Trinajstić information content (AvgIpc) is 2.34. The molecule has 0 radical (unpaired) electrons. The van der Waals surface area contributed by atoms with Crippen LogP contribution in [0.2, 0.25) is 0 Å². The Bertz CT molecular complexity index is 577. The highest BCUT2D eigenvalue weighted by Gasteiger charge is 2.03. The molecule has 0 saturated heterocycles. The van der Waals surface area contributed by atoms with Gasteiger partial charge in [-0.2, -0.15) is 5.26 Å². The van der Waals surface area contributed by atoms with Gasteiger partial charge in [-0.15, -0.1) is 0 Å². The van der Waals surface area contributed by atoms with Crippen molar-refractivity contribution in [2.24, 2.45) is 0 Å². The van der Waals surface area contributed by atoms with Crippen molar-refractivity contribution in [3.05, 3.63) is 44.2 Å². The summed E-state index contributed by atoms with van der Waals surface area (Å²) < 4.78 is 1.78. The van der Waals surface area contributed by atoms with Gasteiger partial charge in [-0.05, 0) is 56.7 Å². The molecule has 1 aromatic heterocycles. The second-order valence-electron chi connectivity index (χ2n) is 3.16. The van der Waals surface area contributed by atoms with Crippen LogP contribution in [0.15, 0.2) is 35.1 Å². The Labute approximate surface area is 120 Å². The standard InChI is InChI=1S/C11H6BrIN4/c12-9-3-7(4-14)1-2-10(9)17-11-15-5-8(13)6-16-11/h1-3,5-6H,(H,15,16,17). The number of nitrogens with zero attached hydrogens (tertiary/aromatic N) is 3. The minimum atomic E-state index is 0.524. The summed E-state index contributed by atoms with van der Waals surface area (Å²) in [6.07, 6.45) is 3.46. The number of nitriles is 1. The Hall–Kier alpha value is -1.20. The Kier molecular flexibility index (Phi) is 3.91. The molecular weight excluding hydrogens is 395 g/mol. The van der Waals surface area contributed by atoms with E-state index in [2.05, 4.69) is 59.9 Å². The number of hydrogen-bond donors (Lipinski definition) is 1. The van der Waals surface area contributed by atoms with E-state index in [4.69, 9.17) is 5.26 Å². The third kappa shape index (κ3) is 3.14. The summed E-state index contributed by atoms with van der Waals surface area (Å²) in [4.78, 5) is 8.28. The van der Waals surface area contributed by atoms with E-state index < -0.39 is 0 Å². The monoisotopic (exact) mass is 400 g/mol. The first kappa shape index (κ1) is 12.3. The van der Waals surface area contributed by atoms with Crippen LogP contribution >= 0.6 is 38.5 Å². The van der Waals surface area contributed by atoms with Crippen molar-refractivity contribution in [2.75, 3.05) is 5.32 Å². The molecule has 6 heteroatoms. The van der Waals surface area contributed by atoms with Crippen molar-refractivity contribution in [3.8, 4) is 6.07 Å². The summed E-state index contributed by atoms with van der Waals surface area (Å²) in [5.74, 6) is 0.524. The predicted molar refractivity (Wildman–Crippen MR) is 76.9 cm³/mol. The molecule has 1 aromatic carbocycles. The minimum Gasteiger partial charge on any atom is -0.323 e. The lowest BCUT2D eigenvalue weighted by molar-refractivity contribution is 1.15. The van der Waals surface area contributed by atoms with Crippen LogP contribution in [0.25, 0.3) is 0 Å². The molecular formula is C11H6BrIN4. The second kappa shape index (κ2) is 5.42. The van der Waals surface area contributed by atoms with E-state index in [9.17, 15) is 0 Å². The molecule has 17 heavy (non-hydrogen) atoms. The van der Waals surface area contributed by atoms with Gasteiger partial charge < -0.3 is 5.32 Å². The lowest BCUT2D eigenvalue weighted by Crippen LogP contribution is -1.97. The number of anilines is 2. The third-order valence-corrected chi connectivity index (χ3v) is 3.18. The van der Waals surface area contributed by atoms with E-state index >= 15 is 0 Å². The van der Waals surface area contributed by atoms with Crippen molar-refractivity contribution < 1.29 is 0 Å². The highest BCUT2D eigenvalue weighted by Crippen LogP contribution is 2.25. The molecule has 0 atom stereocenters. The SMILES string of the molecule is N#Cc1ccc(Nc2ncc(I)cn2)c(Br)c1.